The highest BCUT2D eigenvalue weighted by molar-refractivity contribution is 6.35. The number of H-pyrrole nitrogens is 1. The lowest BCUT2D eigenvalue weighted by Gasteiger charge is -2.34. The zero-order valence-electron chi connectivity index (χ0n) is 36.9. The number of nitrogens with one attached hydrogen (secondary N) is 5. The van der Waals surface area contributed by atoms with Crippen molar-refractivity contribution in [2.75, 3.05) is 76.2 Å². The number of aromatic amines is 1. The molecule has 0 aliphatic carbocycles. The molecule has 4 aliphatic rings. The molecule has 1 aromatic heterocycles. The van der Waals surface area contributed by atoms with Gasteiger partial charge in [-0.2, -0.15) is 0 Å². The summed E-state index contributed by atoms with van der Waals surface area (Å²) in [5.41, 5.74) is 5.21. The van der Waals surface area contributed by atoms with Gasteiger partial charge in [0.25, 0.3) is 23.6 Å². The third-order valence-corrected chi connectivity index (χ3v) is 12.6. The number of rotatable bonds is 19. The van der Waals surface area contributed by atoms with Crippen molar-refractivity contribution in [2.45, 2.75) is 77.7 Å². The highest BCUT2D eigenvalue weighted by Gasteiger charge is 2.45. The molecule has 1 unspecified atom stereocenters. The van der Waals surface area contributed by atoms with Crippen LogP contribution in [0.25, 0.3) is 11.6 Å². The fourth-order valence-corrected chi connectivity index (χ4v) is 9.06. The topological polar surface area (TPSA) is 196 Å². The molecule has 3 aromatic rings. The van der Waals surface area contributed by atoms with E-state index < -0.39 is 35.5 Å². The lowest BCUT2D eigenvalue weighted by molar-refractivity contribution is -0.136. The summed E-state index contributed by atoms with van der Waals surface area (Å²) in [6.07, 6.45) is 8.53. The number of benzene rings is 2. The number of piperidine rings is 1. The normalized spacial score (nSPS) is 18.5. The number of carbonyl (C=O) groups is 7. The van der Waals surface area contributed by atoms with Gasteiger partial charge < -0.3 is 30.7 Å². The second-order valence-electron chi connectivity index (χ2n) is 17.0. The van der Waals surface area contributed by atoms with Crippen LogP contribution < -0.4 is 26.2 Å². The smallest absolute Gasteiger partial charge is 0.264 e. The summed E-state index contributed by atoms with van der Waals surface area (Å²) in [6.45, 7) is 9.93. The second kappa shape index (κ2) is 20.5. The molecule has 2 fully saturated rings. The van der Waals surface area contributed by atoms with Gasteiger partial charge in [-0.15, -0.1) is 0 Å². The Kier molecular flexibility index (Phi) is 14.7. The van der Waals surface area contributed by atoms with E-state index in [9.17, 15) is 38.0 Å². The number of piperazine rings is 1. The average molecular weight is 880 g/mol. The summed E-state index contributed by atoms with van der Waals surface area (Å²) in [5, 5.41) is 11.6. The first kappa shape index (κ1) is 45.8. The van der Waals surface area contributed by atoms with Crippen LogP contribution in [-0.2, 0) is 19.2 Å². The highest BCUT2D eigenvalue weighted by Crippen LogP contribution is 2.38. The summed E-state index contributed by atoms with van der Waals surface area (Å²) in [7, 11) is 1.66. The van der Waals surface area contributed by atoms with Gasteiger partial charge in [0.1, 0.15) is 11.9 Å². The molecule has 5 heterocycles. The number of likely N-dealkylation sites (N-methyl/N-ethyl adjacent to an activating group) is 1. The third kappa shape index (κ3) is 10.3. The molecule has 4 aliphatic heterocycles. The van der Waals surface area contributed by atoms with Gasteiger partial charge in [0, 0.05) is 81.9 Å². The van der Waals surface area contributed by atoms with Crippen LogP contribution in [0.1, 0.15) is 111 Å². The Labute approximate surface area is 372 Å². The van der Waals surface area contributed by atoms with E-state index in [0.29, 0.717) is 65.6 Å². The molecule has 5 N–H and O–H groups in total. The number of aryl methyl sites for hydroxylation is 1. The fourth-order valence-electron chi connectivity index (χ4n) is 9.06. The molecule has 0 bridgehead atoms. The van der Waals surface area contributed by atoms with Gasteiger partial charge in [-0.25, -0.2) is 4.39 Å². The number of nitrogens with zero attached hydrogens (tertiary/aromatic N) is 4. The van der Waals surface area contributed by atoms with Crippen molar-refractivity contribution >= 4 is 64.4 Å². The third-order valence-electron chi connectivity index (χ3n) is 12.6. The van der Waals surface area contributed by atoms with E-state index in [-0.39, 0.29) is 41.7 Å². The van der Waals surface area contributed by atoms with Crippen LogP contribution >= 0.6 is 0 Å². The first-order chi connectivity index (χ1) is 30.8. The van der Waals surface area contributed by atoms with Gasteiger partial charge >= 0.3 is 0 Å². The summed E-state index contributed by atoms with van der Waals surface area (Å²) in [5.74, 6) is -2.88. The summed E-state index contributed by atoms with van der Waals surface area (Å²) in [6, 6.07) is 8.35. The minimum atomic E-state index is -0.995. The van der Waals surface area contributed by atoms with Crippen molar-refractivity contribution in [1.29, 1.82) is 0 Å². The second-order valence-corrected chi connectivity index (χ2v) is 17.0. The Morgan fingerprint density at radius 1 is 0.812 bits per heavy atom. The monoisotopic (exact) mass is 879 g/mol. The lowest BCUT2D eigenvalue weighted by Crippen LogP contribution is -2.54. The number of unbranched alkanes of at least 4 members (excludes halogenated alkanes) is 5. The van der Waals surface area contributed by atoms with Gasteiger partial charge in [-0.1, -0.05) is 31.7 Å². The van der Waals surface area contributed by atoms with E-state index in [1.165, 1.54) is 17.0 Å². The zero-order chi connectivity index (χ0) is 45.5. The van der Waals surface area contributed by atoms with Crippen LogP contribution in [0.5, 0.6) is 0 Å². The van der Waals surface area contributed by atoms with Gasteiger partial charge in [0.15, 0.2) is 0 Å². The van der Waals surface area contributed by atoms with E-state index in [1.807, 2.05) is 13.8 Å². The molecular formula is C47H58FN9O7. The fraction of sp³-hybridized carbons (Fsp3) is 0.468. The minimum Gasteiger partial charge on any atom is -0.384 e. The van der Waals surface area contributed by atoms with Crippen molar-refractivity contribution < 1.29 is 38.0 Å². The number of anilines is 2. The first-order valence-corrected chi connectivity index (χ1v) is 22.4. The first-order valence-electron chi connectivity index (χ1n) is 22.4. The summed E-state index contributed by atoms with van der Waals surface area (Å²) in [4.78, 5) is 99.4. The van der Waals surface area contributed by atoms with E-state index >= 15 is 0 Å². The molecule has 16 nitrogen and oxygen atoms in total. The number of amides is 7. The Hall–Kier alpha value is -6.20. The van der Waals surface area contributed by atoms with Gasteiger partial charge in [0.05, 0.1) is 34.5 Å². The Morgan fingerprint density at radius 3 is 2.27 bits per heavy atom. The molecule has 1 atom stereocenters. The quantitative estimate of drug-likeness (QED) is 0.0668. The number of halogens is 1. The van der Waals surface area contributed by atoms with E-state index in [1.54, 1.807) is 37.4 Å². The number of hydrogen-bond donors (Lipinski definition) is 5. The van der Waals surface area contributed by atoms with Crippen LogP contribution in [0.4, 0.5) is 15.8 Å². The highest BCUT2D eigenvalue weighted by atomic mass is 19.1. The maximum Gasteiger partial charge on any atom is 0.264 e. The summed E-state index contributed by atoms with van der Waals surface area (Å²) >= 11 is 0. The van der Waals surface area contributed by atoms with E-state index in [4.69, 9.17) is 0 Å². The molecule has 0 spiro atoms. The van der Waals surface area contributed by atoms with Crippen LogP contribution in [0.15, 0.2) is 36.4 Å². The Balaban J connectivity index is 0.718. The molecule has 17 heteroatoms. The van der Waals surface area contributed by atoms with Crippen LogP contribution in [0.2, 0.25) is 0 Å². The molecular weight excluding hydrogens is 822 g/mol. The molecule has 2 saturated heterocycles. The zero-order valence-corrected chi connectivity index (χ0v) is 36.9. The molecule has 7 rings (SSSR count). The predicted octanol–water partition coefficient (Wildman–Crippen LogP) is 4.00. The number of hydrogen-bond acceptors (Lipinski definition) is 10. The van der Waals surface area contributed by atoms with Gasteiger partial charge in [-0.05, 0) is 88.0 Å². The number of aromatic nitrogens is 1. The molecule has 340 valence electrons. The van der Waals surface area contributed by atoms with Crippen molar-refractivity contribution in [3.8, 4) is 0 Å². The van der Waals surface area contributed by atoms with Gasteiger partial charge in [-0.3, -0.25) is 48.7 Å². The molecule has 2 aromatic carbocycles. The molecule has 64 heavy (non-hydrogen) atoms. The maximum absolute atomic E-state index is 14.0. The number of fused-ring (bicyclic) bond motifs is 2. The van der Waals surface area contributed by atoms with Crippen LogP contribution in [0, 0.1) is 19.7 Å². The van der Waals surface area contributed by atoms with Crippen molar-refractivity contribution in [2.24, 2.45) is 0 Å². The maximum atomic E-state index is 14.0. The number of carbonyl (C=O) groups excluding carboxylic acids is 7. The largest absolute Gasteiger partial charge is 0.384 e. The standard InChI is InChI=1S/C47H58FN9O7/c1-29-36(27-34-33-26-31(48)14-15-37(33)54(3)45(34)62)52-30(2)41(29)44(61)51-20-11-21-55-22-24-56(25-23-55)28-40(59)50-19-9-7-5-4-6-8-18-49-35-13-10-12-32-42(35)47(64)57(46(32)63)38-16-17-39(58)53-43(38)60/h10,12-15,26-27,38,49,52H,4-9,11,16-25,28H2,1-3H3,(H,50,59)(H,51,61)(H,53,58,60)/b34-27-. The van der Waals surface area contributed by atoms with E-state index in [2.05, 4.69) is 36.1 Å². The molecule has 0 radical (unpaired) electrons. The van der Waals surface area contributed by atoms with E-state index in [0.717, 1.165) is 88.1 Å². The Morgan fingerprint density at radius 2 is 1.52 bits per heavy atom. The SMILES string of the molecule is Cc1[nH]c(/C=C2\C(=O)N(C)c3ccc(F)cc32)c(C)c1C(=O)NCCCN1CCN(CC(=O)NCCCCCCCCNc2cccc3c2C(=O)N(C2CCC(=O)NC2=O)C3=O)CC1. The molecule has 0 saturated carbocycles. The van der Waals surface area contributed by atoms with Gasteiger partial charge in [0.2, 0.25) is 17.7 Å². The van der Waals surface area contributed by atoms with Crippen LogP contribution in [0.3, 0.4) is 0 Å². The van der Waals surface area contributed by atoms with Crippen LogP contribution in [-0.4, -0.2) is 133 Å². The average Bonchev–Trinajstić information content (AvgIpc) is 3.79. The summed E-state index contributed by atoms with van der Waals surface area (Å²) < 4.78 is 14.0. The molecule has 7 amide bonds. The number of imide groups is 2. The van der Waals surface area contributed by atoms with Crippen molar-refractivity contribution in [3.63, 3.8) is 0 Å². The van der Waals surface area contributed by atoms with Crippen molar-refractivity contribution in [1.82, 2.24) is 35.6 Å². The Bertz CT molecular complexity index is 2350. The van der Waals surface area contributed by atoms with Crippen molar-refractivity contribution in [3.05, 3.63) is 81.4 Å². The lowest BCUT2D eigenvalue weighted by atomic mass is 10.0. The minimum absolute atomic E-state index is 0.0330. The predicted molar refractivity (Wildman–Crippen MR) is 240 cm³/mol.